The first-order chi connectivity index (χ1) is 14.2. The van der Waals surface area contributed by atoms with E-state index in [0.29, 0.717) is 41.0 Å². The number of rotatable bonds is 9. The summed E-state index contributed by atoms with van der Waals surface area (Å²) in [6, 6.07) is 21.7. The Morgan fingerprint density at radius 3 is 2.00 bits per heavy atom. The largest absolute Gasteiger partial charge is 0.493 e. The molecule has 3 aromatic rings. The fourth-order valence-corrected chi connectivity index (χ4v) is 2.62. The molecule has 0 aliphatic heterocycles. The third-order valence-electron chi connectivity index (χ3n) is 3.94. The van der Waals surface area contributed by atoms with Crippen LogP contribution >= 0.6 is 0 Å². The summed E-state index contributed by atoms with van der Waals surface area (Å²) >= 11 is 0. The zero-order valence-corrected chi connectivity index (χ0v) is 16.4. The molecule has 0 heterocycles. The van der Waals surface area contributed by atoms with Gasteiger partial charge < -0.3 is 24.3 Å². The monoisotopic (exact) mass is 393 g/mol. The van der Waals surface area contributed by atoms with E-state index in [1.54, 1.807) is 43.5 Å². The van der Waals surface area contributed by atoms with Gasteiger partial charge in [0.2, 0.25) is 0 Å². The molecular formula is C23H23NO5. The molecule has 3 aromatic carbocycles. The molecule has 6 nitrogen and oxygen atoms in total. The third-order valence-corrected chi connectivity index (χ3v) is 3.94. The van der Waals surface area contributed by atoms with Crippen LogP contribution in [0.2, 0.25) is 0 Å². The van der Waals surface area contributed by atoms with Crippen LogP contribution in [0.25, 0.3) is 0 Å². The number of nitrogens with one attached hydrogen (secondary N) is 1. The normalized spacial score (nSPS) is 10.1. The van der Waals surface area contributed by atoms with Crippen LogP contribution in [0.3, 0.4) is 0 Å². The minimum atomic E-state index is -0.269. The van der Waals surface area contributed by atoms with Gasteiger partial charge >= 0.3 is 0 Å². The molecule has 0 saturated heterocycles. The maximum absolute atomic E-state index is 12.2. The van der Waals surface area contributed by atoms with Gasteiger partial charge in [-0.15, -0.1) is 0 Å². The standard InChI is InChI=1S/C23H23NO5/c1-3-27-20-9-5-6-10-21(20)28-16-23(25)24-17-12-14-18(15-13-17)29-22-11-7-4-8-19(22)26-2/h4-15H,3,16H2,1-2H3,(H,24,25). The van der Waals surface area contributed by atoms with Crippen LogP contribution in [0.1, 0.15) is 6.92 Å². The summed E-state index contributed by atoms with van der Waals surface area (Å²) in [5.74, 6) is 2.78. The Bertz CT molecular complexity index is 940. The number of methoxy groups -OCH3 is 1. The van der Waals surface area contributed by atoms with Crippen molar-refractivity contribution >= 4 is 11.6 Å². The topological polar surface area (TPSA) is 66.0 Å². The number of para-hydroxylation sites is 4. The van der Waals surface area contributed by atoms with Crippen LogP contribution in [-0.2, 0) is 4.79 Å². The van der Waals surface area contributed by atoms with Gasteiger partial charge in [0.15, 0.2) is 29.6 Å². The molecule has 0 fully saturated rings. The van der Waals surface area contributed by atoms with Crippen LogP contribution in [0, 0.1) is 0 Å². The van der Waals surface area contributed by atoms with E-state index < -0.39 is 0 Å². The van der Waals surface area contributed by atoms with Crippen molar-refractivity contribution in [2.75, 3.05) is 25.6 Å². The second-order valence-electron chi connectivity index (χ2n) is 5.99. The highest BCUT2D eigenvalue weighted by atomic mass is 16.5. The van der Waals surface area contributed by atoms with E-state index in [4.69, 9.17) is 18.9 Å². The molecule has 0 aliphatic carbocycles. The Morgan fingerprint density at radius 2 is 1.38 bits per heavy atom. The molecule has 0 radical (unpaired) electrons. The number of amides is 1. The number of anilines is 1. The Balaban J connectivity index is 1.55. The van der Waals surface area contributed by atoms with Crippen LogP contribution in [0.5, 0.6) is 28.7 Å². The van der Waals surface area contributed by atoms with Crippen molar-refractivity contribution in [3.05, 3.63) is 72.8 Å². The summed E-state index contributed by atoms with van der Waals surface area (Å²) in [6.07, 6.45) is 0. The van der Waals surface area contributed by atoms with E-state index >= 15 is 0 Å². The Morgan fingerprint density at radius 1 is 0.793 bits per heavy atom. The van der Waals surface area contributed by atoms with Gasteiger partial charge in [-0.2, -0.15) is 0 Å². The lowest BCUT2D eigenvalue weighted by atomic mass is 10.3. The Hall–Kier alpha value is -3.67. The summed E-state index contributed by atoms with van der Waals surface area (Å²) in [7, 11) is 1.59. The predicted octanol–water partition coefficient (Wildman–Crippen LogP) is 4.90. The van der Waals surface area contributed by atoms with E-state index in [2.05, 4.69) is 5.32 Å². The first kappa shape index (κ1) is 20.1. The van der Waals surface area contributed by atoms with E-state index in [9.17, 15) is 4.79 Å². The first-order valence-corrected chi connectivity index (χ1v) is 9.25. The number of carbonyl (C=O) groups excluding carboxylic acids is 1. The molecular weight excluding hydrogens is 370 g/mol. The molecule has 0 bridgehead atoms. The molecule has 0 atom stereocenters. The minimum Gasteiger partial charge on any atom is -0.493 e. The smallest absolute Gasteiger partial charge is 0.262 e. The van der Waals surface area contributed by atoms with E-state index in [1.807, 2.05) is 43.3 Å². The minimum absolute atomic E-state index is 0.121. The number of ether oxygens (including phenoxy) is 4. The lowest BCUT2D eigenvalue weighted by Gasteiger charge is -2.12. The second kappa shape index (κ2) is 10.0. The number of hydrogen-bond donors (Lipinski definition) is 1. The van der Waals surface area contributed by atoms with Gasteiger partial charge in [0.1, 0.15) is 5.75 Å². The molecule has 29 heavy (non-hydrogen) atoms. The average Bonchev–Trinajstić information content (AvgIpc) is 2.75. The fourth-order valence-electron chi connectivity index (χ4n) is 2.62. The first-order valence-electron chi connectivity index (χ1n) is 9.25. The van der Waals surface area contributed by atoms with Crippen LogP contribution in [0.4, 0.5) is 5.69 Å². The van der Waals surface area contributed by atoms with Crippen molar-refractivity contribution in [3.63, 3.8) is 0 Å². The zero-order valence-electron chi connectivity index (χ0n) is 16.4. The zero-order chi connectivity index (χ0) is 20.5. The highest BCUT2D eigenvalue weighted by Gasteiger charge is 2.09. The molecule has 3 rings (SSSR count). The van der Waals surface area contributed by atoms with Crippen molar-refractivity contribution in [2.24, 2.45) is 0 Å². The molecule has 150 valence electrons. The van der Waals surface area contributed by atoms with E-state index in [0.717, 1.165) is 0 Å². The Kier molecular flexibility index (Phi) is 6.95. The summed E-state index contributed by atoms with van der Waals surface area (Å²) in [5, 5.41) is 2.79. The maximum Gasteiger partial charge on any atom is 0.262 e. The molecule has 6 heteroatoms. The summed E-state index contributed by atoms with van der Waals surface area (Å²) in [4.78, 5) is 12.2. The predicted molar refractivity (Wildman–Crippen MR) is 111 cm³/mol. The molecule has 0 aromatic heterocycles. The number of carbonyl (C=O) groups is 1. The van der Waals surface area contributed by atoms with Crippen molar-refractivity contribution in [3.8, 4) is 28.7 Å². The van der Waals surface area contributed by atoms with Gasteiger partial charge in [-0.05, 0) is 55.5 Å². The van der Waals surface area contributed by atoms with Crippen molar-refractivity contribution < 1.29 is 23.7 Å². The van der Waals surface area contributed by atoms with Crippen molar-refractivity contribution in [1.29, 1.82) is 0 Å². The van der Waals surface area contributed by atoms with Crippen molar-refractivity contribution in [2.45, 2.75) is 6.92 Å². The number of benzene rings is 3. The molecule has 0 saturated carbocycles. The lowest BCUT2D eigenvalue weighted by Crippen LogP contribution is -2.20. The quantitative estimate of drug-likeness (QED) is 0.560. The summed E-state index contributed by atoms with van der Waals surface area (Å²) in [6.45, 7) is 2.30. The van der Waals surface area contributed by atoms with Crippen LogP contribution in [-0.4, -0.2) is 26.2 Å². The molecule has 0 unspecified atom stereocenters. The SMILES string of the molecule is CCOc1ccccc1OCC(=O)Nc1ccc(Oc2ccccc2OC)cc1. The Labute approximate surface area is 170 Å². The van der Waals surface area contributed by atoms with Crippen LogP contribution < -0.4 is 24.3 Å². The van der Waals surface area contributed by atoms with Crippen molar-refractivity contribution in [1.82, 2.24) is 0 Å². The maximum atomic E-state index is 12.2. The molecule has 0 spiro atoms. The second-order valence-corrected chi connectivity index (χ2v) is 5.99. The van der Waals surface area contributed by atoms with Gasteiger partial charge in [-0.25, -0.2) is 0 Å². The number of hydrogen-bond acceptors (Lipinski definition) is 5. The third kappa shape index (κ3) is 5.65. The summed E-state index contributed by atoms with van der Waals surface area (Å²) < 4.78 is 22.2. The molecule has 1 amide bonds. The highest BCUT2D eigenvalue weighted by molar-refractivity contribution is 5.91. The van der Waals surface area contributed by atoms with Gasteiger partial charge in [-0.3, -0.25) is 4.79 Å². The average molecular weight is 393 g/mol. The highest BCUT2D eigenvalue weighted by Crippen LogP contribution is 2.31. The molecule has 0 aliphatic rings. The van der Waals surface area contributed by atoms with Gasteiger partial charge in [0.05, 0.1) is 13.7 Å². The molecule has 1 N–H and O–H groups in total. The van der Waals surface area contributed by atoms with E-state index in [1.165, 1.54) is 0 Å². The van der Waals surface area contributed by atoms with Gasteiger partial charge in [0, 0.05) is 5.69 Å². The summed E-state index contributed by atoms with van der Waals surface area (Å²) in [5.41, 5.74) is 0.643. The van der Waals surface area contributed by atoms with Gasteiger partial charge in [-0.1, -0.05) is 24.3 Å². The fraction of sp³-hybridized carbons (Fsp3) is 0.174. The van der Waals surface area contributed by atoms with Gasteiger partial charge in [0.25, 0.3) is 5.91 Å². The lowest BCUT2D eigenvalue weighted by molar-refractivity contribution is -0.118. The van der Waals surface area contributed by atoms with Crippen LogP contribution in [0.15, 0.2) is 72.8 Å². The van der Waals surface area contributed by atoms with E-state index in [-0.39, 0.29) is 12.5 Å².